The number of carbonyl (C=O) groups is 2. The molecule has 0 fully saturated rings. The van der Waals surface area contributed by atoms with E-state index in [1.54, 1.807) is 18.2 Å². The lowest BCUT2D eigenvalue weighted by atomic mass is 9.85. The van der Waals surface area contributed by atoms with Gasteiger partial charge in [0.05, 0.1) is 16.8 Å². The van der Waals surface area contributed by atoms with Crippen LogP contribution in [0.5, 0.6) is 0 Å². The van der Waals surface area contributed by atoms with Gasteiger partial charge in [-0.1, -0.05) is 46.6 Å². The lowest BCUT2D eigenvalue weighted by molar-refractivity contribution is -0.275. The fourth-order valence-corrected chi connectivity index (χ4v) is 5.90. The maximum Gasteiger partial charge on any atom is 0.435 e. The molecule has 3 aromatic carbocycles. The third-order valence-corrected chi connectivity index (χ3v) is 7.67. The predicted molar refractivity (Wildman–Crippen MR) is 131 cm³/mol. The van der Waals surface area contributed by atoms with E-state index in [1.807, 2.05) is 18.2 Å². The number of amides is 2. The maximum absolute atomic E-state index is 14.4. The molecule has 0 saturated carbocycles. The molecule has 2 atom stereocenters. The summed E-state index contributed by atoms with van der Waals surface area (Å²) >= 11 is 12.0. The van der Waals surface area contributed by atoms with E-state index in [2.05, 4.69) is 10.5 Å². The Morgan fingerprint density at radius 3 is 2.41 bits per heavy atom. The van der Waals surface area contributed by atoms with Gasteiger partial charge in [0.15, 0.2) is 0 Å². The lowest BCUT2D eigenvalue weighted by Gasteiger charge is -2.29. The maximum atomic E-state index is 14.4. The zero-order valence-electron chi connectivity index (χ0n) is 19.0. The third kappa shape index (κ3) is 3.81. The summed E-state index contributed by atoms with van der Waals surface area (Å²) in [4.78, 5) is 29.2. The zero-order valence-corrected chi connectivity index (χ0v) is 20.5. The molecule has 188 valence electrons. The van der Waals surface area contributed by atoms with E-state index < -0.39 is 30.0 Å². The molecule has 1 N–H and O–H groups in total. The minimum absolute atomic E-state index is 0.0632. The molecular formula is C27H17Cl2F3N2O3. The van der Waals surface area contributed by atoms with E-state index >= 15 is 0 Å². The molecule has 0 bridgehead atoms. The van der Waals surface area contributed by atoms with E-state index in [0.717, 1.165) is 29.5 Å². The van der Waals surface area contributed by atoms with E-state index in [0.29, 0.717) is 16.7 Å². The van der Waals surface area contributed by atoms with Crippen LogP contribution in [0.15, 0.2) is 59.8 Å². The Kier molecular flexibility index (Phi) is 5.40. The Balaban J connectivity index is 1.35. The molecule has 3 aromatic rings. The van der Waals surface area contributed by atoms with Crippen LogP contribution in [0.2, 0.25) is 10.0 Å². The summed E-state index contributed by atoms with van der Waals surface area (Å²) in [5, 5.41) is 6.29. The highest BCUT2D eigenvalue weighted by Gasteiger charge is 2.62. The summed E-state index contributed by atoms with van der Waals surface area (Å²) < 4.78 is 43.2. The highest BCUT2D eigenvalue weighted by molar-refractivity contribution is 6.34. The molecule has 0 aromatic heterocycles. The van der Waals surface area contributed by atoms with Crippen molar-refractivity contribution in [2.75, 3.05) is 0 Å². The fraction of sp³-hybridized carbons (Fsp3) is 0.222. The van der Waals surface area contributed by atoms with Crippen molar-refractivity contribution in [2.24, 2.45) is 5.16 Å². The van der Waals surface area contributed by atoms with Crippen molar-refractivity contribution in [1.82, 2.24) is 5.32 Å². The SMILES string of the molecule is O=C1NC(=O)c2cc(C3CCc4ccc(C5=NOC(c6cc(Cl)cc(Cl)c6)(C(F)(F)F)C5)cc43)ccc21. The molecular weight excluding hydrogens is 528 g/mol. The normalized spacial score (nSPS) is 22.4. The van der Waals surface area contributed by atoms with Gasteiger partial charge in [0, 0.05) is 27.9 Å². The summed E-state index contributed by atoms with van der Waals surface area (Å²) in [6, 6.07) is 14.4. The number of fused-ring (bicyclic) bond motifs is 2. The van der Waals surface area contributed by atoms with Crippen LogP contribution < -0.4 is 5.32 Å². The Labute approximate surface area is 219 Å². The minimum Gasteiger partial charge on any atom is -0.374 e. The average Bonchev–Trinajstić information content (AvgIpc) is 3.54. The van der Waals surface area contributed by atoms with Gasteiger partial charge >= 0.3 is 6.18 Å². The number of hydrogen-bond acceptors (Lipinski definition) is 4. The standard InChI is InChI=1S/C27H17Cl2F3N2O3/c28-17-9-16(10-18(29)11-17)26(27(30,31)32)12-23(34-37-26)15-2-1-13-3-5-19(21(13)8-15)14-4-6-20-22(7-14)25(36)33-24(20)35/h1-2,4,6-11,19H,3,5,12H2,(H,33,35,36). The Bertz CT molecular complexity index is 1520. The highest BCUT2D eigenvalue weighted by atomic mass is 35.5. The van der Waals surface area contributed by atoms with Crippen molar-refractivity contribution in [1.29, 1.82) is 0 Å². The number of halogens is 5. The van der Waals surface area contributed by atoms with E-state index in [-0.39, 0.29) is 27.2 Å². The molecule has 5 nitrogen and oxygen atoms in total. The Hall–Kier alpha value is -3.36. The van der Waals surface area contributed by atoms with Gasteiger partial charge < -0.3 is 4.84 Å². The van der Waals surface area contributed by atoms with Crippen molar-refractivity contribution in [3.63, 3.8) is 0 Å². The molecule has 6 rings (SSSR count). The molecule has 0 radical (unpaired) electrons. The number of benzene rings is 3. The smallest absolute Gasteiger partial charge is 0.374 e. The van der Waals surface area contributed by atoms with Crippen molar-refractivity contribution < 1.29 is 27.6 Å². The first-order chi connectivity index (χ1) is 17.6. The number of nitrogens with zero attached hydrogens (tertiary/aromatic N) is 1. The number of alkyl halides is 3. The van der Waals surface area contributed by atoms with Crippen LogP contribution in [0.25, 0.3) is 0 Å². The van der Waals surface area contributed by atoms with Crippen LogP contribution in [0.3, 0.4) is 0 Å². The van der Waals surface area contributed by atoms with Gasteiger partial charge in [-0.15, -0.1) is 0 Å². The van der Waals surface area contributed by atoms with E-state index in [9.17, 15) is 22.8 Å². The average molecular weight is 545 g/mol. The van der Waals surface area contributed by atoms with E-state index in [4.69, 9.17) is 28.0 Å². The van der Waals surface area contributed by atoms with Crippen molar-refractivity contribution in [3.8, 4) is 0 Å². The van der Waals surface area contributed by atoms with Crippen molar-refractivity contribution in [2.45, 2.75) is 37.0 Å². The molecule has 0 saturated heterocycles. The monoisotopic (exact) mass is 544 g/mol. The van der Waals surface area contributed by atoms with Gasteiger partial charge in [-0.05, 0) is 71.5 Å². The second-order valence-electron chi connectivity index (χ2n) is 9.38. The second kappa shape index (κ2) is 8.33. The highest BCUT2D eigenvalue weighted by Crippen LogP contribution is 2.50. The number of nitrogens with one attached hydrogen (secondary N) is 1. The molecule has 2 aliphatic heterocycles. The van der Waals surface area contributed by atoms with Gasteiger partial charge in [0.1, 0.15) is 0 Å². The Morgan fingerprint density at radius 2 is 1.68 bits per heavy atom. The van der Waals surface area contributed by atoms with Crippen LogP contribution in [-0.4, -0.2) is 23.7 Å². The Morgan fingerprint density at radius 1 is 0.946 bits per heavy atom. The molecule has 10 heteroatoms. The number of carbonyl (C=O) groups excluding carboxylic acids is 2. The third-order valence-electron chi connectivity index (χ3n) is 7.23. The summed E-state index contributed by atoms with van der Waals surface area (Å²) in [5.74, 6) is -0.935. The molecule has 3 aliphatic rings. The number of imide groups is 1. The molecule has 1 aliphatic carbocycles. The first-order valence-corrected chi connectivity index (χ1v) is 12.2. The van der Waals surface area contributed by atoms with Gasteiger partial charge in [-0.2, -0.15) is 13.2 Å². The summed E-state index contributed by atoms with van der Waals surface area (Å²) in [6.45, 7) is 0. The van der Waals surface area contributed by atoms with Crippen LogP contribution in [0.4, 0.5) is 13.2 Å². The molecule has 2 heterocycles. The van der Waals surface area contributed by atoms with Gasteiger partial charge in [0.2, 0.25) is 0 Å². The van der Waals surface area contributed by atoms with Gasteiger partial charge in [0.25, 0.3) is 17.4 Å². The zero-order chi connectivity index (χ0) is 26.1. The minimum atomic E-state index is -4.78. The number of hydrogen-bond donors (Lipinski definition) is 1. The van der Waals surface area contributed by atoms with Crippen molar-refractivity contribution in [3.05, 3.63) is 104 Å². The second-order valence-corrected chi connectivity index (χ2v) is 10.3. The van der Waals surface area contributed by atoms with E-state index in [1.165, 1.54) is 18.2 Å². The predicted octanol–water partition coefficient (Wildman–Crippen LogP) is 6.54. The van der Waals surface area contributed by atoms with Gasteiger partial charge in [-0.25, -0.2) is 0 Å². The summed E-state index contributed by atoms with van der Waals surface area (Å²) in [7, 11) is 0. The van der Waals surface area contributed by atoms with Crippen LogP contribution in [0.1, 0.15) is 67.3 Å². The first kappa shape index (κ1) is 24.0. The number of oxime groups is 1. The summed E-state index contributed by atoms with van der Waals surface area (Å²) in [5.41, 5.74) is 1.27. The van der Waals surface area contributed by atoms with Crippen LogP contribution >= 0.6 is 23.2 Å². The lowest BCUT2D eigenvalue weighted by Crippen LogP contribution is -2.42. The molecule has 2 unspecified atom stereocenters. The van der Waals surface area contributed by atoms with Crippen LogP contribution in [0, 0.1) is 0 Å². The number of aryl methyl sites for hydroxylation is 1. The fourth-order valence-electron chi connectivity index (χ4n) is 5.38. The largest absolute Gasteiger partial charge is 0.435 e. The molecule has 2 amide bonds. The number of rotatable bonds is 3. The van der Waals surface area contributed by atoms with Gasteiger partial charge in [-0.3, -0.25) is 14.9 Å². The first-order valence-electron chi connectivity index (χ1n) is 11.5. The summed E-state index contributed by atoms with van der Waals surface area (Å²) in [6.07, 6.45) is -3.78. The molecule has 0 spiro atoms. The van der Waals surface area contributed by atoms with Crippen LogP contribution in [-0.2, 0) is 16.9 Å². The quantitative estimate of drug-likeness (QED) is 0.381. The molecule has 37 heavy (non-hydrogen) atoms. The topological polar surface area (TPSA) is 67.8 Å². The van der Waals surface area contributed by atoms with Crippen molar-refractivity contribution >= 4 is 40.7 Å².